The van der Waals surface area contributed by atoms with Gasteiger partial charge in [-0.25, -0.2) is 4.99 Å². The van der Waals surface area contributed by atoms with Crippen LogP contribution < -0.4 is 14.8 Å². The summed E-state index contributed by atoms with van der Waals surface area (Å²) in [5.74, 6) is 0.815. The molecule has 0 aromatic heterocycles. The first-order valence-corrected chi connectivity index (χ1v) is 13.5. The molecule has 0 bridgehead atoms. The highest BCUT2D eigenvalue weighted by molar-refractivity contribution is 8.18. The minimum absolute atomic E-state index is 0.160. The number of nitrogens with one attached hydrogen (secondary N) is 1. The summed E-state index contributed by atoms with van der Waals surface area (Å²) < 4.78 is 11.1. The zero-order valence-electron chi connectivity index (χ0n) is 21.8. The molecule has 8 heteroatoms. The molecule has 1 N–H and O–H groups in total. The standard InChI is InChI=1S/C32H27N3O4S/c1-38-27-18-16-23(17-19-27)21-35-31(37)29(40-32(35)34-26-13-6-3-7-14-26)20-24-10-8-9-15-28(24)39-22-30(36)33-25-11-4-2-5-12-25/h2-20H,21-22H2,1H3,(H,33,36)/b29-20+,34-32?. The van der Waals surface area contributed by atoms with E-state index in [2.05, 4.69) is 5.32 Å². The van der Waals surface area contributed by atoms with Crippen molar-refractivity contribution in [3.8, 4) is 11.5 Å². The number of thioether (sulfide) groups is 1. The van der Waals surface area contributed by atoms with E-state index in [4.69, 9.17) is 14.5 Å². The normalized spacial score (nSPS) is 14.9. The number of ether oxygens (including phenoxy) is 2. The van der Waals surface area contributed by atoms with E-state index in [9.17, 15) is 9.59 Å². The van der Waals surface area contributed by atoms with Crippen LogP contribution in [0.3, 0.4) is 0 Å². The number of anilines is 1. The zero-order chi connectivity index (χ0) is 27.7. The minimum atomic E-state index is -0.275. The van der Waals surface area contributed by atoms with Crippen LogP contribution in [0.25, 0.3) is 6.08 Å². The Morgan fingerprint density at radius 3 is 2.30 bits per heavy atom. The third-order valence-electron chi connectivity index (χ3n) is 5.99. The van der Waals surface area contributed by atoms with E-state index in [1.54, 1.807) is 24.2 Å². The molecular formula is C32H27N3O4S. The number of hydrogen-bond donors (Lipinski definition) is 1. The number of para-hydroxylation sites is 3. The van der Waals surface area contributed by atoms with E-state index in [0.29, 0.717) is 33.6 Å². The smallest absolute Gasteiger partial charge is 0.267 e. The lowest BCUT2D eigenvalue weighted by atomic mass is 10.1. The van der Waals surface area contributed by atoms with E-state index in [-0.39, 0.29) is 18.4 Å². The summed E-state index contributed by atoms with van der Waals surface area (Å²) in [6.07, 6.45) is 1.78. The van der Waals surface area contributed by atoms with Crippen LogP contribution in [0.15, 0.2) is 119 Å². The molecule has 5 rings (SSSR count). The first-order valence-electron chi connectivity index (χ1n) is 12.6. The van der Waals surface area contributed by atoms with Crippen LogP contribution in [0.4, 0.5) is 11.4 Å². The molecule has 0 radical (unpaired) electrons. The zero-order valence-corrected chi connectivity index (χ0v) is 22.6. The van der Waals surface area contributed by atoms with E-state index in [0.717, 1.165) is 17.0 Å². The number of rotatable bonds is 9. The summed E-state index contributed by atoms with van der Waals surface area (Å²) in [5, 5.41) is 3.39. The summed E-state index contributed by atoms with van der Waals surface area (Å²) in [4.78, 5) is 33.0. The molecule has 7 nitrogen and oxygen atoms in total. The predicted molar refractivity (Wildman–Crippen MR) is 160 cm³/mol. The number of methoxy groups -OCH3 is 1. The number of amides is 2. The summed E-state index contributed by atoms with van der Waals surface area (Å²) in [6.45, 7) is 0.192. The fourth-order valence-electron chi connectivity index (χ4n) is 3.99. The van der Waals surface area contributed by atoms with E-state index < -0.39 is 0 Å². The van der Waals surface area contributed by atoms with Crippen LogP contribution >= 0.6 is 11.8 Å². The van der Waals surface area contributed by atoms with Crippen molar-refractivity contribution in [3.05, 3.63) is 125 Å². The van der Waals surface area contributed by atoms with Gasteiger partial charge >= 0.3 is 0 Å². The van der Waals surface area contributed by atoms with Gasteiger partial charge in [-0.2, -0.15) is 0 Å². The Morgan fingerprint density at radius 2 is 1.57 bits per heavy atom. The van der Waals surface area contributed by atoms with Crippen molar-refractivity contribution < 1.29 is 19.1 Å². The van der Waals surface area contributed by atoms with E-state index in [1.165, 1.54) is 11.8 Å². The third-order valence-corrected chi connectivity index (χ3v) is 7.00. The topological polar surface area (TPSA) is 80.2 Å². The van der Waals surface area contributed by atoms with Crippen molar-refractivity contribution in [1.82, 2.24) is 4.90 Å². The highest BCUT2D eigenvalue weighted by Gasteiger charge is 2.33. The van der Waals surface area contributed by atoms with Crippen LogP contribution in [0.2, 0.25) is 0 Å². The molecule has 0 atom stereocenters. The Bertz CT molecular complexity index is 1540. The van der Waals surface area contributed by atoms with Crippen molar-refractivity contribution in [2.45, 2.75) is 6.54 Å². The van der Waals surface area contributed by atoms with Gasteiger partial charge in [0.2, 0.25) is 0 Å². The Labute approximate surface area is 237 Å². The van der Waals surface area contributed by atoms with E-state index >= 15 is 0 Å². The van der Waals surface area contributed by atoms with Crippen LogP contribution in [0.5, 0.6) is 11.5 Å². The number of amidine groups is 1. The van der Waals surface area contributed by atoms with Crippen molar-refractivity contribution >= 4 is 46.2 Å². The van der Waals surface area contributed by atoms with Crippen molar-refractivity contribution in [2.24, 2.45) is 4.99 Å². The van der Waals surface area contributed by atoms with Gasteiger partial charge in [-0.3, -0.25) is 14.5 Å². The summed E-state index contributed by atoms with van der Waals surface area (Å²) in [5.41, 5.74) is 3.09. The van der Waals surface area contributed by atoms with Gasteiger partial charge in [-0.1, -0.05) is 66.7 Å². The quantitative estimate of drug-likeness (QED) is 0.241. The van der Waals surface area contributed by atoms with Gasteiger partial charge in [-0.05, 0) is 65.9 Å². The molecule has 4 aromatic carbocycles. The van der Waals surface area contributed by atoms with Crippen LogP contribution in [-0.2, 0) is 16.1 Å². The molecular weight excluding hydrogens is 522 g/mol. The Kier molecular flexibility index (Phi) is 8.58. The molecule has 0 aliphatic carbocycles. The number of carbonyl (C=O) groups excluding carboxylic acids is 2. The molecule has 2 amide bonds. The lowest BCUT2D eigenvalue weighted by Gasteiger charge is -2.16. The van der Waals surface area contributed by atoms with Gasteiger partial charge in [0.1, 0.15) is 11.5 Å². The maximum absolute atomic E-state index is 13.6. The molecule has 1 saturated heterocycles. The molecule has 40 heavy (non-hydrogen) atoms. The Hall–Kier alpha value is -4.82. The Morgan fingerprint density at radius 1 is 0.900 bits per heavy atom. The number of nitrogens with zero attached hydrogens (tertiary/aromatic N) is 2. The summed E-state index contributed by atoms with van der Waals surface area (Å²) in [7, 11) is 1.62. The SMILES string of the molecule is COc1ccc(CN2C(=O)/C(=C\c3ccccc3OCC(=O)Nc3ccccc3)SC2=Nc2ccccc2)cc1. The first-order chi connectivity index (χ1) is 19.6. The average Bonchev–Trinajstić information content (AvgIpc) is 3.27. The van der Waals surface area contributed by atoms with Crippen LogP contribution in [0, 0.1) is 0 Å². The lowest BCUT2D eigenvalue weighted by Crippen LogP contribution is -2.28. The average molecular weight is 550 g/mol. The second kappa shape index (κ2) is 12.8. The highest BCUT2D eigenvalue weighted by atomic mass is 32.2. The number of aliphatic imine (C=N–C) groups is 1. The molecule has 1 aliphatic rings. The monoisotopic (exact) mass is 549 g/mol. The summed E-state index contributed by atoms with van der Waals surface area (Å²) in [6, 6.07) is 33.7. The molecule has 1 aliphatic heterocycles. The molecule has 200 valence electrons. The maximum Gasteiger partial charge on any atom is 0.267 e. The van der Waals surface area contributed by atoms with Crippen LogP contribution in [0.1, 0.15) is 11.1 Å². The van der Waals surface area contributed by atoms with Gasteiger partial charge in [0.05, 0.1) is 24.2 Å². The molecule has 1 heterocycles. The highest BCUT2D eigenvalue weighted by Crippen LogP contribution is 2.36. The molecule has 1 fully saturated rings. The number of benzene rings is 4. The Balaban J connectivity index is 1.37. The number of carbonyl (C=O) groups is 2. The first kappa shape index (κ1) is 26.8. The molecule has 4 aromatic rings. The molecule has 0 spiro atoms. The second-order valence-electron chi connectivity index (χ2n) is 8.82. The second-order valence-corrected chi connectivity index (χ2v) is 9.83. The fraction of sp³-hybridized carbons (Fsp3) is 0.0938. The largest absolute Gasteiger partial charge is 0.497 e. The van der Waals surface area contributed by atoms with E-state index in [1.807, 2.05) is 103 Å². The summed E-state index contributed by atoms with van der Waals surface area (Å²) >= 11 is 1.31. The maximum atomic E-state index is 13.6. The number of hydrogen-bond acceptors (Lipinski definition) is 6. The fourth-order valence-corrected chi connectivity index (χ4v) is 4.98. The third kappa shape index (κ3) is 6.78. The molecule has 0 unspecified atom stereocenters. The van der Waals surface area contributed by atoms with Crippen molar-refractivity contribution in [2.75, 3.05) is 19.0 Å². The van der Waals surface area contributed by atoms with Gasteiger partial charge in [0.15, 0.2) is 11.8 Å². The van der Waals surface area contributed by atoms with Gasteiger partial charge < -0.3 is 14.8 Å². The van der Waals surface area contributed by atoms with Gasteiger partial charge in [0, 0.05) is 11.3 Å². The molecule has 0 saturated carbocycles. The lowest BCUT2D eigenvalue weighted by molar-refractivity contribution is -0.122. The van der Waals surface area contributed by atoms with Crippen LogP contribution in [-0.4, -0.2) is 35.6 Å². The van der Waals surface area contributed by atoms with Crippen molar-refractivity contribution in [1.29, 1.82) is 0 Å². The minimum Gasteiger partial charge on any atom is -0.497 e. The van der Waals surface area contributed by atoms with Gasteiger partial charge in [-0.15, -0.1) is 0 Å². The van der Waals surface area contributed by atoms with Crippen molar-refractivity contribution in [3.63, 3.8) is 0 Å². The predicted octanol–water partition coefficient (Wildman–Crippen LogP) is 6.52. The van der Waals surface area contributed by atoms with Gasteiger partial charge in [0.25, 0.3) is 11.8 Å².